The summed E-state index contributed by atoms with van der Waals surface area (Å²) in [5.41, 5.74) is 11.0. The van der Waals surface area contributed by atoms with Crippen LogP contribution in [0.25, 0.3) is 5.57 Å². The van der Waals surface area contributed by atoms with Gasteiger partial charge in [0.1, 0.15) is 5.75 Å². The summed E-state index contributed by atoms with van der Waals surface area (Å²) in [5.74, 6) is 1.05. The van der Waals surface area contributed by atoms with Crippen molar-refractivity contribution in [3.8, 4) is 5.75 Å². The third-order valence-electron chi connectivity index (χ3n) is 9.56. The Hall–Kier alpha value is -3.45. The van der Waals surface area contributed by atoms with Crippen LogP contribution < -0.4 is 15.4 Å². The molecule has 43 heavy (non-hydrogen) atoms. The molecule has 2 bridgehead atoms. The number of benzene rings is 3. The van der Waals surface area contributed by atoms with E-state index in [1.807, 2.05) is 12.1 Å². The lowest BCUT2D eigenvalue weighted by atomic mass is 9.83. The van der Waals surface area contributed by atoms with Gasteiger partial charge < -0.3 is 20.3 Å². The number of fused-ring (bicyclic) bond motifs is 2. The van der Waals surface area contributed by atoms with Gasteiger partial charge in [0.05, 0.1) is 13.2 Å². The first-order chi connectivity index (χ1) is 20.8. The SMILES string of the molecule is COc1cccc(CN(C(=O)C2=C(c3ccc(CN(C)Cc4c(C)cccc4C)cc3)C[C@H]3CNC[C@H]2N3)C2CC2)c1C. The van der Waals surface area contributed by atoms with Crippen molar-refractivity contribution in [1.82, 2.24) is 20.4 Å². The molecule has 0 radical (unpaired) electrons. The molecule has 2 fully saturated rings. The van der Waals surface area contributed by atoms with E-state index >= 15 is 0 Å². The van der Waals surface area contributed by atoms with E-state index in [-0.39, 0.29) is 11.9 Å². The zero-order valence-corrected chi connectivity index (χ0v) is 26.4. The monoisotopic (exact) mass is 578 g/mol. The summed E-state index contributed by atoms with van der Waals surface area (Å²) in [4.78, 5) is 19.0. The molecule has 6 nitrogen and oxygen atoms in total. The second-order valence-corrected chi connectivity index (χ2v) is 12.8. The Bertz CT molecular complexity index is 1490. The van der Waals surface area contributed by atoms with Gasteiger partial charge in [-0.25, -0.2) is 0 Å². The molecule has 0 unspecified atom stereocenters. The zero-order valence-electron chi connectivity index (χ0n) is 26.4. The van der Waals surface area contributed by atoms with Crippen molar-refractivity contribution in [2.75, 3.05) is 27.2 Å². The average molecular weight is 579 g/mol. The van der Waals surface area contributed by atoms with Gasteiger partial charge in [-0.3, -0.25) is 9.69 Å². The van der Waals surface area contributed by atoms with Gasteiger partial charge in [-0.15, -0.1) is 0 Å². The van der Waals surface area contributed by atoms with Gasteiger partial charge in [-0.1, -0.05) is 54.6 Å². The zero-order chi connectivity index (χ0) is 30.1. The van der Waals surface area contributed by atoms with Crippen LogP contribution in [0.3, 0.4) is 0 Å². The molecule has 1 saturated heterocycles. The number of methoxy groups -OCH3 is 1. The lowest BCUT2D eigenvalue weighted by molar-refractivity contribution is -0.128. The van der Waals surface area contributed by atoms with Gasteiger partial charge in [0.2, 0.25) is 0 Å². The molecule has 3 aliphatic rings. The number of nitrogens with one attached hydrogen (secondary N) is 2. The van der Waals surface area contributed by atoms with Crippen molar-refractivity contribution in [3.63, 3.8) is 0 Å². The smallest absolute Gasteiger partial charge is 0.252 e. The van der Waals surface area contributed by atoms with Crippen molar-refractivity contribution in [3.05, 3.63) is 105 Å². The van der Waals surface area contributed by atoms with E-state index in [1.165, 1.54) is 33.4 Å². The van der Waals surface area contributed by atoms with Gasteiger partial charge in [-0.2, -0.15) is 0 Å². The lowest BCUT2D eigenvalue weighted by Crippen LogP contribution is -2.60. The van der Waals surface area contributed by atoms with Crippen LogP contribution in [0.4, 0.5) is 0 Å². The topological polar surface area (TPSA) is 56.8 Å². The quantitative estimate of drug-likeness (QED) is 0.331. The van der Waals surface area contributed by atoms with Crippen LogP contribution in [-0.4, -0.2) is 61.1 Å². The van der Waals surface area contributed by atoms with Crippen molar-refractivity contribution in [1.29, 1.82) is 0 Å². The molecule has 3 aromatic rings. The molecule has 0 aromatic heterocycles. The fourth-order valence-corrected chi connectivity index (χ4v) is 6.93. The lowest BCUT2D eigenvalue weighted by Gasteiger charge is -2.41. The number of ether oxygens (including phenoxy) is 1. The fourth-order valence-electron chi connectivity index (χ4n) is 6.93. The number of hydrogen-bond donors (Lipinski definition) is 2. The van der Waals surface area contributed by atoms with Crippen molar-refractivity contribution in [2.24, 2.45) is 0 Å². The highest BCUT2D eigenvalue weighted by atomic mass is 16.5. The highest BCUT2D eigenvalue weighted by Gasteiger charge is 2.41. The van der Waals surface area contributed by atoms with E-state index in [0.717, 1.165) is 67.9 Å². The Morgan fingerprint density at radius 1 is 0.907 bits per heavy atom. The van der Waals surface area contributed by atoms with Crippen LogP contribution in [0.5, 0.6) is 5.75 Å². The molecule has 226 valence electrons. The highest BCUT2D eigenvalue weighted by Crippen LogP contribution is 2.37. The minimum Gasteiger partial charge on any atom is -0.496 e. The van der Waals surface area contributed by atoms with E-state index in [2.05, 4.69) is 96.8 Å². The summed E-state index contributed by atoms with van der Waals surface area (Å²) in [7, 11) is 3.90. The van der Waals surface area contributed by atoms with Crippen LogP contribution in [-0.2, 0) is 24.4 Å². The molecule has 2 aliphatic heterocycles. The number of aryl methyl sites for hydroxylation is 2. The van der Waals surface area contributed by atoms with Crippen molar-refractivity contribution < 1.29 is 9.53 Å². The molecule has 2 atom stereocenters. The van der Waals surface area contributed by atoms with Gasteiger partial charge >= 0.3 is 0 Å². The first kappa shape index (κ1) is 29.6. The summed E-state index contributed by atoms with van der Waals surface area (Å²) in [6, 6.07) is 22.3. The third kappa shape index (κ3) is 6.42. The van der Waals surface area contributed by atoms with Gasteiger partial charge in [-0.05, 0) is 97.7 Å². The van der Waals surface area contributed by atoms with Gasteiger partial charge in [0.15, 0.2) is 0 Å². The van der Waals surface area contributed by atoms with Gasteiger partial charge in [0.25, 0.3) is 5.91 Å². The molecule has 6 heteroatoms. The third-order valence-corrected chi connectivity index (χ3v) is 9.56. The minimum absolute atomic E-state index is 0.0193. The molecule has 3 aromatic carbocycles. The van der Waals surface area contributed by atoms with Crippen LogP contribution in [0.15, 0.2) is 66.2 Å². The van der Waals surface area contributed by atoms with E-state index < -0.39 is 0 Å². The van der Waals surface area contributed by atoms with E-state index in [1.54, 1.807) is 7.11 Å². The largest absolute Gasteiger partial charge is 0.496 e. The maximum atomic E-state index is 14.5. The first-order valence-electron chi connectivity index (χ1n) is 15.8. The van der Waals surface area contributed by atoms with Crippen molar-refractivity contribution in [2.45, 2.75) is 77.8 Å². The summed E-state index contributed by atoms with van der Waals surface area (Å²) in [6.45, 7) is 10.6. The summed E-state index contributed by atoms with van der Waals surface area (Å²) in [5, 5.41) is 7.34. The summed E-state index contributed by atoms with van der Waals surface area (Å²) >= 11 is 0. The first-order valence-corrected chi connectivity index (χ1v) is 15.8. The van der Waals surface area contributed by atoms with E-state index in [0.29, 0.717) is 18.6 Å². The van der Waals surface area contributed by atoms with Gasteiger partial charge in [0, 0.05) is 50.4 Å². The number of piperazine rings is 1. The standard InChI is InChI=1S/C37H46N4O2/c1-24-8-6-9-25(2)33(24)23-40(4)21-27-12-14-28(15-13-27)32-18-30-19-38-20-34(39-30)36(32)37(42)41(31-16-17-31)22-29-10-7-11-35(43-5)26(29)3/h6-15,30-31,34,38-39H,16-23H2,1-5H3/t30-,34+/m0/s1. The van der Waals surface area contributed by atoms with E-state index in [9.17, 15) is 4.79 Å². The second kappa shape index (κ2) is 12.7. The Balaban J connectivity index is 1.26. The molecule has 1 amide bonds. The van der Waals surface area contributed by atoms with Crippen LogP contribution in [0, 0.1) is 20.8 Å². The number of carbonyl (C=O) groups is 1. The highest BCUT2D eigenvalue weighted by molar-refractivity contribution is 6.03. The second-order valence-electron chi connectivity index (χ2n) is 12.8. The number of carbonyl (C=O) groups excluding carboxylic acids is 1. The Kier molecular flexibility index (Phi) is 8.71. The number of hydrogen-bond acceptors (Lipinski definition) is 5. The predicted octanol–water partition coefficient (Wildman–Crippen LogP) is 5.53. The molecule has 1 aliphatic carbocycles. The predicted molar refractivity (Wildman–Crippen MR) is 174 cm³/mol. The summed E-state index contributed by atoms with van der Waals surface area (Å²) < 4.78 is 5.59. The maximum absolute atomic E-state index is 14.5. The number of amides is 1. The average Bonchev–Trinajstić information content (AvgIpc) is 3.84. The fraction of sp³-hybridized carbons (Fsp3) is 0.432. The van der Waals surface area contributed by atoms with Crippen LogP contribution in [0.2, 0.25) is 0 Å². The molecule has 6 rings (SSSR count). The Morgan fingerprint density at radius 3 is 2.33 bits per heavy atom. The van der Waals surface area contributed by atoms with Crippen LogP contribution >= 0.6 is 0 Å². The number of nitrogens with zero attached hydrogens (tertiary/aromatic N) is 2. The molecule has 2 heterocycles. The molecule has 2 N–H and O–H groups in total. The normalized spacial score (nSPS) is 20.0. The van der Waals surface area contributed by atoms with Crippen molar-refractivity contribution >= 4 is 11.5 Å². The summed E-state index contributed by atoms with van der Waals surface area (Å²) in [6.07, 6.45) is 2.99. The molecular weight excluding hydrogens is 532 g/mol. The molecular formula is C37H46N4O2. The van der Waals surface area contributed by atoms with Crippen LogP contribution in [0.1, 0.15) is 58.2 Å². The van der Waals surface area contributed by atoms with E-state index in [4.69, 9.17) is 4.74 Å². The molecule has 0 spiro atoms. The minimum atomic E-state index is 0.0193. The number of rotatable bonds is 10. The molecule has 1 saturated carbocycles. The Labute approximate surface area is 257 Å². The Morgan fingerprint density at radius 2 is 1.63 bits per heavy atom. The maximum Gasteiger partial charge on any atom is 0.252 e.